The second kappa shape index (κ2) is 5.97. The third kappa shape index (κ3) is 2.57. The largest absolute Gasteiger partial charge is 0.497 e. The summed E-state index contributed by atoms with van der Waals surface area (Å²) in [6.07, 6.45) is -2.68. The van der Waals surface area contributed by atoms with Gasteiger partial charge in [-0.1, -0.05) is 35.5 Å². The van der Waals surface area contributed by atoms with Crippen LogP contribution in [0.3, 0.4) is 0 Å². The fourth-order valence-electron chi connectivity index (χ4n) is 2.25. The van der Waals surface area contributed by atoms with Crippen molar-refractivity contribution >= 4 is 0 Å². The molecule has 0 bridgehead atoms. The van der Waals surface area contributed by atoms with Gasteiger partial charge in [-0.2, -0.15) is 0 Å². The molecule has 3 rings (SSSR count). The van der Waals surface area contributed by atoms with Crippen molar-refractivity contribution in [2.75, 3.05) is 7.11 Å². The molecule has 22 heavy (non-hydrogen) atoms. The van der Waals surface area contributed by atoms with Crippen molar-refractivity contribution in [3.8, 4) is 28.3 Å². The molecule has 3 aromatic rings. The topological polar surface area (TPSA) is 35.3 Å². The maximum Gasteiger partial charge on any atom is 0.269 e. The second-order valence-corrected chi connectivity index (χ2v) is 4.67. The lowest BCUT2D eigenvalue weighted by Gasteiger charge is -2.04. The van der Waals surface area contributed by atoms with E-state index in [2.05, 4.69) is 5.16 Å². The number of rotatable bonds is 4. The first-order valence-corrected chi connectivity index (χ1v) is 6.68. The zero-order chi connectivity index (χ0) is 15.5. The average molecular weight is 301 g/mol. The summed E-state index contributed by atoms with van der Waals surface area (Å²) in [4.78, 5) is 0. The van der Waals surface area contributed by atoms with E-state index in [1.54, 1.807) is 55.6 Å². The van der Waals surface area contributed by atoms with E-state index in [0.717, 1.165) is 0 Å². The van der Waals surface area contributed by atoms with Gasteiger partial charge in [0.2, 0.25) is 0 Å². The Hall–Kier alpha value is -2.69. The van der Waals surface area contributed by atoms with Crippen LogP contribution in [0.1, 0.15) is 12.0 Å². The van der Waals surface area contributed by atoms with Crippen molar-refractivity contribution in [3.63, 3.8) is 0 Å². The molecule has 0 radical (unpaired) electrons. The number of nitrogens with zero attached hydrogens (tertiary/aromatic N) is 1. The Bertz CT molecular complexity index is 752. The zero-order valence-corrected chi connectivity index (χ0v) is 11.8. The third-order valence-corrected chi connectivity index (χ3v) is 3.35. The lowest BCUT2D eigenvalue weighted by Crippen LogP contribution is -1.90. The van der Waals surface area contributed by atoms with Gasteiger partial charge in [-0.3, -0.25) is 0 Å². The number of alkyl halides is 2. The van der Waals surface area contributed by atoms with Crippen LogP contribution in [0.4, 0.5) is 8.78 Å². The highest BCUT2D eigenvalue weighted by atomic mass is 19.3. The quantitative estimate of drug-likeness (QED) is 0.683. The van der Waals surface area contributed by atoms with Gasteiger partial charge in [-0.25, -0.2) is 8.78 Å². The maximum atomic E-state index is 13.5. The molecule has 0 aliphatic carbocycles. The van der Waals surface area contributed by atoms with Gasteiger partial charge >= 0.3 is 0 Å². The number of hydrogen-bond acceptors (Lipinski definition) is 3. The summed E-state index contributed by atoms with van der Waals surface area (Å²) in [7, 11) is 1.54. The Morgan fingerprint density at radius 3 is 2.23 bits per heavy atom. The first kappa shape index (κ1) is 14.3. The molecule has 0 fully saturated rings. The molecular weight excluding hydrogens is 288 g/mol. The molecule has 2 aromatic carbocycles. The Morgan fingerprint density at radius 2 is 1.64 bits per heavy atom. The highest BCUT2D eigenvalue weighted by molar-refractivity contribution is 5.73. The summed E-state index contributed by atoms with van der Waals surface area (Å²) in [6, 6.07) is 15.5. The van der Waals surface area contributed by atoms with Gasteiger partial charge in [0.1, 0.15) is 11.4 Å². The summed E-state index contributed by atoms with van der Waals surface area (Å²) in [6.45, 7) is 0. The minimum absolute atomic E-state index is 0.0801. The molecule has 1 aromatic heterocycles. The number of hydrogen-bond donors (Lipinski definition) is 0. The number of benzene rings is 2. The van der Waals surface area contributed by atoms with E-state index in [9.17, 15) is 8.78 Å². The predicted molar refractivity (Wildman–Crippen MR) is 78.9 cm³/mol. The van der Waals surface area contributed by atoms with Crippen molar-refractivity contribution in [1.29, 1.82) is 0 Å². The monoisotopic (exact) mass is 301 g/mol. The fourth-order valence-corrected chi connectivity index (χ4v) is 2.25. The average Bonchev–Trinajstić information content (AvgIpc) is 3.01. The van der Waals surface area contributed by atoms with Crippen LogP contribution in [0, 0.1) is 0 Å². The van der Waals surface area contributed by atoms with Crippen LogP contribution in [-0.2, 0) is 0 Å². The normalized spacial score (nSPS) is 10.9. The predicted octanol–water partition coefficient (Wildman–Crippen LogP) is 4.95. The molecule has 0 aliphatic rings. The molecule has 0 N–H and O–H groups in total. The number of halogens is 2. The molecule has 5 heteroatoms. The van der Waals surface area contributed by atoms with Crippen LogP contribution in [0.2, 0.25) is 0 Å². The standard InChI is InChI=1S/C17H13F2NO2/c1-21-13-9-7-12(8-10-13)16-14(17(18)19)15(20-22-16)11-5-3-2-4-6-11/h2-10,17H,1H3. The minimum atomic E-state index is -2.68. The molecule has 0 atom stereocenters. The van der Waals surface area contributed by atoms with Crippen LogP contribution in [0.5, 0.6) is 5.75 Å². The fraction of sp³-hybridized carbons (Fsp3) is 0.118. The van der Waals surface area contributed by atoms with Crippen LogP contribution >= 0.6 is 0 Å². The van der Waals surface area contributed by atoms with Crippen molar-refractivity contribution < 1.29 is 18.0 Å². The zero-order valence-electron chi connectivity index (χ0n) is 11.8. The van der Waals surface area contributed by atoms with E-state index in [0.29, 0.717) is 16.9 Å². The molecule has 0 saturated heterocycles. The molecule has 3 nitrogen and oxygen atoms in total. The van der Waals surface area contributed by atoms with E-state index < -0.39 is 6.43 Å². The maximum absolute atomic E-state index is 13.5. The summed E-state index contributed by atoms with van der Waals surface area (Å²) < 4.78 is 37.3. The molecule has 0 saturated carbocycles. The summed E-state index contributed by atoms with van der Waals surface area (Å²) >= 11 is 0. The third-order valence-electron chi connectivity index (χ3n) is 3.35. The Labute approximate surface area is 126 Å². The van der Waals surface area contributed by atoms with Crippen LogP contribution < -0.4 is 4.74 Å². The van der Waals surface area contributed by atoms with E-state index in [1.165, 1.54) is 0 Å². The molecule has 1 heterocycles. The van der Waals surface area contributed by atoms with E-state index in [-0.39, 0.29) is 17.0 Å². The number of aromatic nitrogens is 1. The summed E-state index contributed by atoms with van der Waals surface area (Å²) in [5.74, 6) is 0.724. The van der Waals surface area contributed by atoms with E-state index in [4.69, 9.17) is 9.26 Å². The highest BCUT2D eigenvalue weighted by Crippen LogP contribution is 2.38. The smallest absolute Gasteiger partial charge is 0.269 e. The summed E-state index contributed by atoms with van der Waals surface area (Å²) in [5, 5.41) is 3.84. The Morgan fingerprint density at radius 1 is 0.955 bits per heavy atom. The van der Waals surface area contributed by atoms with E-state index >= 15 is 0 Å². The highest BCUT2D eigenvalue weighted by Gasteiger charge is 2.26. The van der Waals surface area contributed by atoms with Crippen LogP contribution in [0.25, 0.3) is 22.6 Å². The molecule has 112 valence electrons. The van der Waals surface area contributed by atoms with Gasteiger partial charge < -0.3 is 9.26 Å². The van der Waals surface area contributed by atoms with Gasteiger partial charge in [-0.05, 0) is 24.3 Å². The van der Waals surface area contributed by atoms with Gasteiger partial charge in [0.15, 0.2) is 5.76 Å². The van der Waals surface area contributed by atoms with Crippen molar-refractivity contribution in [3.05, 3.63) is 60.2 Å². The second-order valence-electron chi connectivity index (χ2n) is 4.67. The molecule has 0 spiro atoms. The van der Waals surface area contributed by atoms with Gasteiger partial charge in [0.25, 0.3) is 6.43 Å². The first-order valence-electron chi connectivity index (χ1n) is 6.68. The molecule has 0 aliphatic heterocycles. The molecular formula is C17H13F2NO2. The van der Waals surface area contributed by atoms with Crippen molar-refractivity contribution in [2.24, 2.45) is 0 Å². The van der Waals surface area contributed by atoms with Crippen molar-refractivity contribution in [1.82, 2.24) is 5.16 Å². The first-order chi connectivity index (χ1) is 10.7. The minimum Gasteiger partial charge on any atom is -0.497 e. The van der Waals surface area contributed by atoms with Crippen LogP contribution in [-0.4, -0.2) is 12.3 Å². The van der Waals surface area contributed by atoms with E-state index in [1.807, 2.05) is 6.07 Å². The Balaban J connectivity index is 2.10. The van der Waals surface area contributed by atoms with Crippen LogP contribution in [0.15, 0.2) is 59.1 Å². The Kier molecular flexibility index (Phi) is 3.87. The lowest BCUT2D eigenvalue weighted by atomic mass is 10.0. The number of ether oxygens (including phenoxy) is 1. The lowest BCUT2D eigenvalue weighted by molar-refractivity contribution is 0.152. The van der Waals surface area contributed by atoms with Gasteiger partial charge in [-0.15, -0.1) is 0 Å². The van der Waals surface area contributed by atoms with Crippen molar-refractivity contribution in [2.45, 2.75) is 6.43 Å². The molecule has 0 amide bonds. The summed E-state index contributed by atoms with van der Waals surface area (Å²) in [5.41, 5.74) is 1.10. The number of methoxy groups -OCH3 is 1. The molecule has 0 unspecified atom stereocenters. The van der Waals surface area contributed by atoms with Gasteiger partial charge in [0, 0.05) is 11.1 Å². The SMILES string of the molecule is COc1ccc(-c2onc(-c3ccccc3)c2C(F)F)cc1. The van der Waals surface area contributed by atoms with Gasteiger partial charge in [0.05, 0.1) is 12.7 Å².